The van der Waals surface area contributed by atoms with Gasteiger partial charge in [0.1, 0.15) is 6.04 Å². The standard InChI is InChI=1S/C18H29N3O2/c1-14(20-17(23)18(2,3)4)16(22)21(12-8-11-19)13-15-9-6-5-7-10-15/h5-7,9-10,14H,8,11-13,19H2,1-4H3,(H,20,23). The fourth-order valence-electron chi connectivity index (χ4n) is 2.10. The number of nitrogens with two attached hydrogens (primary N) is 1. The van der Waals surface area contributed by atoms with Crippen LogP contribution in [0.1, 0.15) is 39.7 Å². The summed E-state index contributed by atoms with van der Waals surface area (Å²) in [5, 5.41) is 2.80. The van der Waals surface area contributed by atoms with Crippen molar-refractivity contribution in [3.8, 4) is 0 Å². The lowest BCUT2D eigenvalue weighted by Gasteiger charge is -2.28. The summed E-state index contributed by atoms with van der Waals surface area (Å²) < 4.78 is 0. The van der Waals surface area contributed by atoms with Gasteiger partial charge in [-0.05, 0) is 25.5 Å². The third kappa shape index (κ3) is 6.40. The average molecular weight is 319 g/mol. The van der Waals surface area contributed by atoms with Gasteiger partial charge in [0.05, 0.1) is 0 Å². The smallest absolute Gasteiger partial charge is 0.245 e. The van der Waals surface area contributed by atoms with Crippen molar-refractivity contribution in [3.05, 3.63) is 35.9 Å². The number of amides is 2. The molecule has 3 N–H and O–H groups in total. The summed E-state index contributed by atoms with van der Waals surface area (Å²) in [6.45, 7) is 8.85. The van der Waals surface area contributed by atoms with E-state index in [0.717, 1.165) is 12.0 Å². The van der Waals surface area contributed by atoms with Crippen molar-refractivity contribution in [2.24, 2.45) is 11.1 Å². The number of hydrogen-bond donors (Lipinski definition) is 2. The number of nitrogens with zero attached hydrogens (tertiary/aromatic N) is 1. The van der Waals surface area contributed by atoms with Crippen LogP contribution in [0.4, 0.5) is 0 Å². The van der Waals surface area contributed by atoms with E-state index >= 15 is 0 Å². The van der Waals surface area contributed by atoms with Crippen molar-refractivity contribution in [2.45, 2.75) is 46.7 Å². The van der Waals surface area contributed by atoms with Crippen LogP contribution in [0, 0.1) is 5.41 Å². The van der Waals surface area contributed by atoms with Gasteiger partial charge in [0.2, 0.25) is 11.8 Å². The van der Waals surface area contributed by atoms with Crippen LogP contribution >= 0.6 is 0 Å². The first-order chi connectivity index (χ1) is 10.8. The molecule has 1 rings (SSSR count). The van der Waals surface area contributed by atoms with Gasteiger partial charge in [0.15, 0.2) is 0 Å². The van der Waals surface area contributed by atoms with E-state index in [4.69, 9.17) is 5.73 Å². The van der Waals surface area contributed by atoms with Gasteiger partial charge in [0, 0.05) is 18.5 Å². The third-order valence-corrected chi connectivity index (χ3v) is 3.56. The maximum absolute atomic E-state index is 12.7. The van der Waals surface area contributed by atoms with Crippen LogP contribution in [0.15, 0.2) is 30.3 Å². The SMILES string of the molecule is CC(NC(=O)C(C)(C)C)C(=O)N(CCCN)Cc1ccccc1. The van der Waals surface area contributed by atoms with Crippen LogP contribution in [0.2, 0.25) is 0 Å². The van der Waals surface area contributed by atoms with Gasteiger partial charge in [-0.1, -0.05) is 51.1 Å². The zero-order chi connectivity index (χ0) is 17.5. The summed E-state index contributed by atoms with van der Waals surface area (Å²) in [5.74, 6) is -0.211. The lowest BCUT2D eigenvalue weighted by atomic mass is 9.95. The molecule has 2 amide bonds. The quantitative estimate of drug-likeness (QED) is 0.806. The fourth-order valence-corrected chi connectivity index (χ4v) is 2.10. The normalized spacial score (nSPS) is 12.6. The first-order valence-corrected chi connectivity index (χ1v) is 8.09. The summed E-state index contributed by atoms with van der Waals surface area (Å²) in [6.07, 6.45) is 0.735. The Kier molecular flexibility index (Phi) is 7.23. The van der Waals surface area contributed by atoms with Crippen molar-refractivity contribution in [1.29, 1.82) is 0 Å². The van der Waals surface area contributed by atoms with E-state index in [2.05, 4.69) is 5.32 Å². The Morgan fingerprint density at radius 3 is 2.35 bits per heavy atom. The molecule has 1 aromatic carbocycles. The molecule has 0 saturated carbocycles. The van der Waals surface area contributed by atoms with Gasteiger partial charge in [0.25, 0.3) is 0 Å². The number of rotatable bonds is 7. The van der Waals surface area contributed by atoms with Gasteiger partial charge in [-0.2, -0.15) is 0 Å². The molecule has 0 aromatic heterocycles. The van der Waals surface area contributed by atoms with E-state index < -0.39 is 11.5 Å². The molecule has 1 atom stereocenters. The highest BCUT2D eigenvalue weighted by molar-refractivity contribution is 5.89. The Morgan fingerprint density at radius 1 is 1.22 bits per heavy atom. The molecule has 0 spiro atoms. The summed E-state index contributed by atoms with van der Waals surface area (Å²) in [7, 11) is 0. The van der Waals surface area contributed by atoms with Gasteiger partial charge in [-0.25, -0.2) is 0 Å². The van der Waals surface area contributed by atoms with Crippen LogP contribution in [0.3, 0.4) is 0 Å². The predicted octanol–water partition coefficient (Wildman–Crippen LogP) is 1.91. The number of hydrogen-bond acceptors (Lipinski definition) is 3. The molecule has 0 heterocycles. The van der Waals surface area contributed by atoms with E-state index in [9.17, 15) is 9.59 Å². The van der Waals surface area contributed by atoms with Crippen LogP contribution < -0.4 is 11.1 Å². The highest BCUT2D eigenvalue weighted by atomic mass is 16.2. The molecule has 1 aromatic rings. The van der Waals surface area contributed by atoms with Crippen LogP contribution in [-0.4, -0.2) is 35.8 Å². The largest absolute Gasteiger partial charge is 0.344 e. The second-order valence-corrected chi connectivity index (χ2v) is 6.83. The predicted molar refractivity (Wildman–Crippen MR) is 92.6 cm³/mol. The third-order valence-electron chi connectivity index (χ3n) is 3.56. The highest BCUT2D eigenvalue weighted by Crippen LogP contribution is 2.14. The summed E-state index contributed by atoms with van der Waals surface area (Å²) in [5.41, 5.74) is 6.12. The highest BCUT2D eigenvalue weighted by Gasteiger charge is 2.27. The Bertz CT molecular complexity index is 509. The Hall–Kier alpha value is -1.88. The first kappa shape index (κ1) is 19.2. The maximum atomic E-state index is 12.7. The molecular weight excluding hydrogens is 290 g/mol. The molecule has 5 heteroatoms. The molecule has 0 radical (unpaired) electrons. The summed E-state index contributed by atoms with van der Waals surface area (Å²) >= 11 is 0. The lowest BCUT2D eigenvalue weighted by molar-refractivity contribution is -0.138. The lowest BCUT2D eigenvalue weighted by Crippen LogP contribution is -2.49. The zero-order valence-corrected chi connectivity index (χ0v) is 14.6. The van der Waals surface area contributed by atoms with Crippen molar-refractivity contribution < 1.29 is 9.59 Å². The molecule has 0 saturated heterocycles. The maximum Gasteiger partial charge on any atom is 0.245 e. The number of carbonyl (C=O) groups excluding carboxylic acids is 2. The van der Waals surface area contributed by atoms with Gasteiger partial charge < -0.3 is 16.0 Å². The number of nitrogens with one attached hydrogen (secondary N) is 1. The molecule has 1 unspecified atom stereocenters. The fraction of sp³-hybridized carbons (Fsp3) is 0.556. The first-order valence-electron chi connectivity index (χ1n) is 8.09. The minimum absolute atomic E-state index is 0.0834. The van der Waals surface area contributed by atoms with Crippen molar-refractivity contribution >= 4 is 11.8 Å². The van der Waals surface area contributed by atoms with Gasteiger partial charge in [-0.15, -0.1) is 0 Å². The summed E-state index contributed by atoms with van der Waals surface area (Å²) in [4.78, 5) is 26.5. The second-order valence-electron chi connectivity index (χ2n) is 6.83. The van der Waals surface area contributed by atoms with Crippen molar-refractivity contribution in [3.63, 3.8) is 0 Å². The second kappa shape index (κ2) is 8.67. The zero-order valence-electron chi connectivity index (χ0n) is 14.6. The minimum Gasteiger partial charge on any atom is -0.344 e. The molecule has 128 valence electrons. The molecule has 0 aliphatic rings. The summed E-state index contributed by atoms with van der Waals surface area (Å²) in [6, 6.07) is 9.27. The van der Waals surface area contributed by atoms with E-state index in [1.54, 1.807) is 11.8 Å². The van der Waals surface area contributed by atoms with E-state index in [0.29, 0.717) is 19.6 Å². The van der Waals surface area contributed by atoms with Crippen molar-refractivity contribution in [2.75, 3.05) is 13.1 Å². The molecule has 0 aliphatic carbocycles. The van der Waals surface area contributed by atoms with E-state index in [-0.39, 0.29) is 11.8 Å². The average Bonchev–Trinajstić information content (AvgIpc) is 2.50. The molecule has 0 bridgehead atoms. The van der Waals surface area contributed by atoms with Crippen molar-refractivity contribution in [1.82, 2.24) is 10.2 Å². The van der Waals surface area contributed by atoms with Crippen LogP contribution in [0.25, 0.3) is 0 Å². The van der Waals surface area contributed by atoms with Crippen LogP contribution in [-0.2, 0) is 16.1 Å². The van der Waals surface area contributed by atoms with Gasteiger partial charge in [-0.3, -0.25) is 9.59 Å². The Balaban J connectivity index is 2.76. The minimum atomic E-state index is -0.553. The molecule has 5 nitrogen and oxygen atoms in total. The Morgan fingerprint density at radius 2 is 1.83 bits per heavy atom. The van der Waals surface area contributed by atoms with E-state index in [1.807, 2.05) is 51.1 Å². The molecule has 23 heavy (non-hydrogen) atoms. The monoisotopic (exact) mass is 319 g/mol. The van der Waals surface area contributed by atoms with Crippen LogP contribution in [0.5, 0.6) is 0 Å². The molecule has 0 fully saturated rings. The molecule has 0 aliphatic heterocycles. The molecular formula is C18H29N3O2. The number of carbonyl (C=O) groups is 2. The topological polar surface area (TPSA) is 75.4 Å². The van der Waals surface area contributed by atoms with Gasteiger partial charge >= 0.3 is 0 Å². The Labute approximate surface area is 139 Å². The number of benzene rings is 1. The van der Waals surface area contributed by atoms with E-state index in [1.165, 1.54) is 0 Å².